The number of amides is 1. The highest BCUT2D eigenvalue weighted by molar-refractivity contribution is 7.91. The molecule has 1 aliphatic carbocycles. The normalized spacial score (nSPS) is 21.2. The minimum atomic E-state index is -3.01. The van der Waals surface area contributed by atoms with E-state index in [-0.39, 0.29) is 29.2 Å². The average Bonchev–Trinajstić information content (AvgIpc) is 2.57. The molecule has 25 heavy (non-hydrogen) atoms. The lowest BCUT2D eigenvalue weighted by Gasteiger charge is -2.28. The predicted molar refractivity (Wildman–Crippen MR) is 95.0 cm³/mol. The van der Waals surface area contributed by atoms with Crippen LogP contribution in [0.5, 0.6) is 0 Å². The second-order valence-corrected chi connectivity index (χ2v) is 8.88. The van der Waals surface area contributed by atoms with Crippen LogP contribution in [0.2, 0.25) is 0 Å². The van der Waals surface area contributed by atoms with Crippen molar-refractivity contribution in [1.29, 1.82) is 0 Å². The Kier molecular flexibility index (Phi) is 4.89. The molecular weight excluding hydrogens is 342 g/mol. The van der Waals surface area contributed by atoms with Crippen LogP contribution in [0.4, 0.5) is 0 Å². The highest BCUT2D eigenvalue weighted by Gasteiger charge is 2.28. The van der Waals surface area contributed by atoms with E-state index in [0.29, 0.717) is 36.6 Å². The Balaban J connectivity index is 1.65. The lowest BCUT2D eigenvalue weighted by Crippen LogP contribution is -2.41. The van der Waals surface area contributed by atoms with E-state index in [2.05, 4.69) is 10.4 Å². The summed E-state index contributed by atoms with van der Waals surface area (Å²) in [4.78, 5) is 24.1. The van der Waals surface area contributed by atoms with Gasteiger partial charge in [0.1, 0.15) is 16.4 Å². The minimum absolute atomic E-state index is 0.0175. The van der Waals surface area contributed by atoms with Crippen LogP contribution in [0, 0.1) is 0 Å². The number of hydrogen-bond donors (Lipinski definition) is 1. The summed E-state index contributed by atoms with van der Waals surface area (Å²) in [6.07, 6.45) is 4.94. The number of sulfone groups is 1. The summed E-state index contributed by atoms with van der Waals surface area (Å²) in [5, 5.41) is 7.22. The van der Waals surface area contributed by atoms with E-state index in [4.69, 9.17) is 0 Å². The van der Waals surface area contributed by atoms with Crippen molar-refractivity contribution in [2.24, 2.45) is 0 Å². The van der Waals surface area contributed by atoms with Gasteiger partial charge in [0.05, 0.1) is 17.0 Å². The number of fused-ring (bicyclic) bond motifs is 1. The van der Waals surface area contributed by atoms with Crippen molar-refractivity contribution in [3.05, 3.63) is 40.7 Å². The molecule has 1 aliphatic rings. The maximum absolute atomic E-state index is 12.3. The molecule has 0 atom stereocenters. The van der Waals surface area contributed by atoms with E-state index in [1.807, 2.05) is 0 Å². The van der Waals surface area contributed by atoms with Gasteiger partial charge >= 0.3 is 0 Å². The van der Waals surface area contributed by atoms with Gasteiger partial charge in [0, 0.05) is 17.7 Å². The maximum atomic E-state index is 12.3. The van der Waals surface area contributed by atoms with Gasteiger partial charge in [-0.2, -0.15) is 5.10 Å². The zero-order chi connectivity index (χ0) is 18.0. The van der Waals surface area contributed by atoms with Crippen molar-refractivity contribution in [3.63, 3.8) is 0 Å². The average molecular weight is 363 g/mol. The molecule has 1 amide bonds. The van der Waals surface area contributed by atoms with Crippen molar-refractivity contribution in [2.75, 3.05) is 6.26 Å². The van der Waals surface area contributed by atoms with E-state index in [1.165, 1.54) is 17.1 Å². The van der Waals surface area contributed by atoms with Crippen molar-refractivity contribution < 1.29 is 13.2 Å². The maximum Gasteiger partial charge on any atom is 0.241 e. The number of hydrogen-bond acceptors (Lipinski definition) is 5. The molecule has 0 bridgehead atoms. The topological polar surface area (TPSA) is 98.1 Å². The van der Waals surface area contributed by atoms with Crippen LogP contribution in [0.3, 0.4) is 0 Å². The molecule has 8 heteroatoms. The molecule has 0 aliphatic heterocycles. The van der Waals surface area contributed by atoms with Gasteiger partial charge in [0.25, 0.3) is 0 Å². The number of rotatable bonds is 4. The molecule has 1 aromatic heterocycles. The number of carbonyl (C=O) groups is 1. The van der Waals surface area contributed by atoms with Crippen molar-refractivity contribution in [2.45, 2.75) is 43.5 Å². The quantitative estimate of drug-likeness (QED) is 0.869. The van der Waals surface area contributed by atoms with Gasteiger partial charge in [-0.1, -0.05) is 12.1 Å². The molecule has 7 nitrogen and oxygen atoms in total. The highest BCUT2D eigenvalue weighted by Crippen LogP contribution is 2.23. The Hall–Kier alpha value is -2.22. The number of aromatic nitrogens is 2. The van der Waals surface area contributed by atoms with Gasteiger partial charge in [0.2, 0.25) is 11.3 Å². The van der Waals surface area contributed by atoms with Crippen LogP contribution in [-0.4, -0.2) is 41.7 Å². The Bertz CT molecular complexity index is 944. The fourth-order valence-electron chi connectivity index (χ4n) is 3.33. The van der Waals surface area contributed by atoms with E-state index in [1.54, 1.807) is 24.3 Å². The summed E-state index contributed by atoms with van der Waals surface area (Å²) in [5.41, 5.74) is 0.442. The zero-order valence-corrected chi connectivity index (χ0v) is 14.8. The molecule has 0 saturated heterocycles. The van der Waals surface area contributed by atoms with Gasteiger partial charge in [-0.3, -0.25) is 14.3 Å². The van der Waals surface area contributed by atoms with Gasteiger partial charge in [-0.25, -0.2) is 8.42 Å². The van der Waals surface area contributed by atoms with Gasteiger partial charge in [0.15, 0.2) is 0 Å². The summed E-state index contributed by atoms with van der Waals surface area (Å²) in [6, 6.07) is 7.02. The van der Waals surface area contributed by atoms with Crippen LogP contribution < -0.4 is 10.7 Å². The molecule has 0 spiro atoms. The second kappa shape index (κ2) is 6.95. The Labute approximate surface area is 146 Å². The lowest BCUT2D eigenvalue weighted by molar-refractivity contribution is -0.122. The molecule has 1 N–H and O–H groups in total. The Morgan fingerprint density at radius 2 is 1.92 bits per heavy atom. The standard InChI is InChI=1S/C17H21N3O4S/c1-25(23,24)13-8-6-12(7-9-13)19-17(22)11-20-15-5-3-2-4-14(15)16(21)10-18-20/h2-5,10,12-13H,6-9,11H2,1H3,(H,19,22). The summed E-state index contributed by atoms with van der Waals surface area (Å²) in [6.45, 7) is 0.0206. The first-order valence-electron chi connectivity index (χ1n) is 8.27. The summed E-state index contributed by atoms with van der Waals surface area (Å²) >= 11 is 0. The number of para-hydroxylation sites is 1. The van der Waals surface area contributed by atoms with E-state index in [0.717, 1.165) is 0 Å². The molecule has 2 aromatic rings. The summed E-state index contributed by atoms with van der Waals surface area (Å²) in [7, 11) is -3.01. The first kappa shape index (κ1) is 17.6. The molecule has 1 saturated carbocycles. The SMILES string of the molecule is CS(=O)(=O)C1CCC(NC(=O)Cn2ncc(=O)c3ccccc32)CC1. The third-order valence-corrected chi connectivity index (χ3v) is 6.38. The van der Waals surface area contributed by atoms with E-state index < -0.39 is 9.84 Å². The minimum Gasteiger partial charge on any atom is -0.352 e. The van der Waals surface area contributed by atoms with Crippen LogP contribution >= 0.6 is 0 Å². The third kappa shape index (κ3) is 4.07. The molecule has 134 valence electrons. The molecular formula is C17H21N3O4S. The largest absolute Gasteiger partial charge is 0.352 e. The van der Waals surface area contributed by atoms with Crippen LogP contribution in [-0.2, 0) is 21.2 Å². The number of carbonyl (C=O) groups excluding carboxylic acids is 1. The Morgan fingerprint density at radius 1 is 1.24 bits per heavy atom. The molecule has 1 heterocycles. The first-order valence-corrected chi connectivity index (χ1v) is 10.2. The monoisotopic (exact) mass is 363 g/mol. The second-order valence-electron chi connectivity index (χ2n) is 6.55. The summed E-state index contributed by atoms with van der Waals surface area (Å²) in [5.74, 6) is -0.191. The Morgan fingerprint density at radius 3 is 2.60 bits per heavy atom. The third-order valence-electron chi connectivity index (χ3n) is 4.70. The van der Waals surface area contributed by atoms with Gasteiger partial charge in [-0.05, 0) is 37.8 Å². The molecule has 0 unspecified atom stereocenters. The van der Waals surface area contributed by atoms with Crippen LogP contribution in [0.1, 0.15) is 25.7 Å². The fraction of sp³-hybridized carbons (Fsp3) is 0.471. The zero-order valence-electron chi connectivity index (χ0n) is 14.0. The molecule has 1 fully saturated rings. The predicted octanol–water partition coefficient (Wildman–Crippen LogP) is 0.869. The number of benzene rings is 1. The highest BCUT2D eigenvalue weighted by atomic mass is 32.2. The molecule has 0 radical (unpaired) electrons. The summed E-state index contributed by atoms with van der Waals surface area (Å²) < 4.78 is 24.7. The number of nitrogens with one attached hydrogen (secondary N) is 1. The van der Waals surface area contributed by atoms with Crippen molar-refractivity contribution in [1.82, 2.24) is 15.1 Å². The van der Waals surface area contributed by atoms with Crippen LogP contribution in [0.15, 0.2) is 35.3 Å². The van der Waals surface area contributed by atoms with Gasteiger partial charge in [-0.15, -0.1) is 0 Å². The van der Waals surface area contributed by atoms with Crippen molar-refractivity contribution >= 4 is 26.6 Å². The first-order chi connectivity index (χ1) is 11.8. The van der Waals surface area contributed by atoms with E-state index >= 15 is 0 Å². The fourth-order valence-corrected chi connectivity index (χ4v) is 4.46. The van der Waals surface area contributed by atoms with Crippen LogP contribution in [0.25, 0.3) is 10.9 Å². The van der Waals surface area contributed by atoms with E-state index in [9.17, 15) is 18.0 Å². The van der Waals surface area contributed by atoms with Crippen molar-refractivity contribution in [3.8, 4) is 0 Å². The molecule has 3 rings (SSSR count). The smallest absolute Gasteiger partial charge is 0.241 e. The lowest BCUT2D eigenvalue weighted by atomic mass is 9.95. The molecule has 1 aromatic carbocycles. The van der Waals surface area contributed by atoms with Gasteiger partial charge < -0.3 is 5.32 Å². The number of nitrogens with zero attached hydrogens (tertiary/aromatic N) is 2.